The monoisotopic (exact) mass is 394 g/mol. The van der Waals surface area contributed by atoms with Crippen LogP contribution in [0.1, 0.15) is 12.5 Å². The van der Waals surface area contributed by atoms with Gasteiger partial charge in [0.25, 0.3) is 0 Å². The van der Waals surface area contributed by atoms with Crippen LogP contribution in [0.25, 0.3) is 0 Å². The summed E-state index contributed by atoms with van der Waals surface area (Å²) in [4.78, 5) is 27.4. The molecule has 1 aliphatic heterocycles. The Morgan fingerprint density at radius 1 is 1.19 bits per heavy atom. The van der Waals surface area contributed by atoms with E-state index in [-0.39, 0.29) is 30.9 Å². The predicted molar refractivity (Wildman–Crippen MR) is 98.5 cm³/mol. The second kappa shape index (κ2) is 8.73. The van der Waals surface area contributed by atoms with E-state index < -0.39 is 28.6 Å². The Morgan fingerprint density at radius 2 is 1.78 bits per heavy atom. The van der Waals surface area contributed by atoms with E-state index in [4.69, 9.17) is 4.74 Å². The normalized spacial score (nSPS) is 14.4. The van der Waals surface area contributed by atoms with Crippen LogP contribution in [0.15, 0.2) is 24.3 Å². The first kappa shape index (κ1) is 20.5. The van der Waals surface area contributed by atoms with Gasteiger partial charge in [0.05, 0.1) is 24.1 Å². The van der Waals surface area contributed by atoms with Crippen molar-refractivity contribution in [2.45, 2.75) is 6.92 Å². The highest BCUT2D eigenvalue weighted by Gasteiger charge is 2.29. The number of anilines is 1. The van der Waals surface area contributed by atoms with Gasteiger partial charge in [-0.25, -0.2) is 13.2 Å². The van der Waals surface area contributed by atoms with E-state index in [1.54, 1.807) is 19.1 Å². The number of sulfonamides is 1. The number of piperazine rings is 1. The molecule has 0 unspecified atom stereocenters. The maximum atomic E-state index is 12.6. The van der Waals surface area contributed by atoms with E-state index in [1.807, 2.05) is 6.07 Å². The summed E-state index contributed by atoms with van der Waals surface area (Å²) in [6, 6.07) is 8.16. The van der Waals surface area contributed by atoms with Crippen LogP contribution in [0.2, 0.25) is 0 Å². The molecular weight excluding hydrogens is 372 g/mol. The molecule has 1 heterocycles. The number of hydrogen-bond acceptors (Lipinski definition) is 6. The van der Waals surface area contributed by atoms with Crippen LogP contribution in [0, 0.1) is 11.3 Å². The molecule has 0 aromatic heterocycles. The molecule has 146 valence electrons. The van der Waals surface area contributed by atoms with Gasteiger partial charge in [0.15, 0.2) is 0 Å². The Kier molecular flexibility index (Phi) is 6.63. The highest BCUT2D eigenvalue weighted by Crippen LogP contribution is 2.22. The van der Waals surface area contributed by atoms with E-state index in [1.165, 1.54) is 21.9 Å². The summed E-state index contributed by atoms with van der Waals surface area (Å²) in [5.41, 5.74) is 0.337. The fourth-order valence-corrected chi connectivity index (χ4v) is 3.60. The number of nitrogens with zero attached hydrogens (tertiary/aromatic N) is 4. The van der Waals surface area contributed by atoms with Gasteiger partial charge < -0.3 is 14.5 Å². The van der Waals surface area contributed by atoms with Gasteiger partial charge in [0.2, 0.25) is 15.9 Å². The van der Waals surface area contributed by atoms with Crippen molar-refractivity contribution in [1.82, 2.24) is 9.80 Å². The second-order valence-electron chi connectivity index (χ2n) is 5.97. The lowest BCUT2D eigenvalue weighted by atomic mass is 10.2. The fourth-order valence-electron chi connectivity index (χ4n) is 2.74. The van der Waals surface area contributed by atoms with E-state index in [2.05, 4.69) is 0 Å². The Labute approximate surface area is 158 Å². The number of carbonyl (C=O) groups excluding carboxylic acids is 2. The minimum atomic E-state index is -3.77. The lowest BCUT2D eigenvalue weighted by molar-refractivity contribution is -0.131. The summed E-state index contributed by atoms with van der Waals surface area (Å²) >= 11 is 0. The van der Waals surface area contributed by atoms with Crippen molar-refractivity contribution in [1.29, 1.82) is 5.26 Å². The third kappa shape index (κ3) is 5.10. The van der Waals surface area contributed by atoms with E-state index in [9.17, 15) is 23.3 Å². The van der Waals surface area contributed by atoms with Crippen molar-refractivity contribution in [2.75, 3.05) is 49.9 Å². The standard InChI is InChI=1S/C17H22N4O5S/c1-3-26-17(23)20-10-8-19(9-11-20)16(22)13-21(27(2,24)25)15-7-5-4-6-14(15)12-18/h4-7H,3,8-11,13H2,1-2H3. The van der Waals surface area contributed by atoms with Crippen LogP contribution in [-0.4, -0.2) is 75.8 Å². The quantitative estimate of drug-likeness (QED) is 0.724. The topological polar surface area (TPSA) is 111 Å². The zero-order valence-electron chi connectivity index (χ0n) is 15.3. The van der Waals surface area contributed by atoms with Crippen molar-refractivity contribution in [2.24, 2.45) is 0 Å². The van der Waals surface area contributed by atoms with E-state index in [0.29, 0.717) is 13.1 Å². The maximum Gasteiger partial charge on any atom is 0.409 e. The van der Waals surface area contributed by atoms with E-state index in [0.717, 1.165) is 10.6 Å². The SMILES string of the molecule is CCOC(=O)N1CCN(C(=O)CN(c2ccccc2C#N)S(C)(=O)=O)CC1. The molecule has 1 aromatic carbocycles. The molecule has 2 rings (SSSR count). The zero-order valence-corrected chi connectivity index (χ0v) is 16.1. The molecule has 0 radical (unpaired) electrons. The smallest absolute Gasteiger partial charge is 0.409 e. The number of benzene rings is 1. The van der Waals surface area contributed by atoms with Gasteiger partial charge in [0, 0.05) is 26.2 Å². The first-order chi connectivity index (χ1) is 12.8. The molecule has 1 aliphatic rings. The van der Waals surface area contributed by atoms with Gasteiger partial charge in [-0.15, -0.1) is 0 Å². The molecule has 1 aromatic rings. The highest BCUT2D eigenvalue weighted by molar-refractivity contribution is 7.92. The Hall–Kier alpha value is -2.80. The molecule has 2 amide bonds. The highest BCUT2D eigenvalue weighted by atomic mass is 32.2. The second-order valence-corrected chi connectivity index (χ2v) is 7.87. The van der Waals surface area contributed by atoms with Crippen LogP contribution < -0.4 is 4.31 Å². The number of nitriles is 1. The van der Waals surface area contributed by atoms with Crippen LogP contribution in [0.4, 0.5) is 10.5 Å². The van der Waals surface area contributed by atoms with Crippen molar-refractivity contribution in [3.63, 3.8) is 0 Å². The third-order valence-corrected chi connectivity index (χ3v) is 5.26. The van der Waals surface area contributed by atoms with Crippen molar-refractivity contribution < 1.29 is 22.7 Å². The summed E-state index contributed by atoms with van der Waals surface area (Å²) in [6.45, 7) is 2.80. The molecule has 9 nitrogen and oxygen atoms in total. The molecule has 10 heteroatoms. The average Bonchev–Trinajstić information content (AvgIpc) is 2.65. The summed E-state index contributed by atoms with van der Waals surface area (Å²) < 4.78 is 30.3. The van der Waals surface area contributed by atoms with Crippen LogP contribution in [0.5, 0.6) is 0 Å². The molecule has 0 aliphatic carbocycles. The maximum absolute atomic E-state index is 12.6. The zero-order chi connectivity index (χ0) is 20.0. The number of carbonyl (C=O) groups is 2. The summed E-state index contributed by atoms with van der Waals surface area (Å²) in [5.74, 6) is -0.392. The third-order valence-electron chi connectivity index (χ3n) is 4.13. The van der Waals surface area contributed by atoms with Crippen molar-refractivity contribution in [3.05, 3.63) is 29.8 Å². The Bertz CT molecular complexity index is 841. The molecule has 1 saturated heterocycles. The fraction of sp³-hybridized carbons (Fsp3) is 0.471. The first-order valence-corrected chi connectivity index (χ1v) is 10.3. The molecular formula is C17H22N4O5S. The average molecular weight is 394 g/mol. The predicted octanol–water partition coefficient (Wildman–Crippen LogP) is 0.625. The number of hydrogen-bond donors (Lipinski definition) is 0. The number of rotatable bonds is 5. The van der Waals surface area contributed by atoms with Gasteiger partial charge >= 0.3 is 6.09 Å². The summed E-state index contributed by atoms with van der Waals surface area (Å²) in [6.07, 6.45) is 0.568. The summed E-state index contributed by atoms with van der Waals surface area (Å²) in [5, 5.41) is 9.22. The van der Waals surface area contributed by atoms with Gasteiger partial charge in [0.1, 0.15) is 12.6 Å². The molecule has 0 atom stereocenters. The Balaban J connectivity index is 2.10. The lowest BCUT2D eigenvalue weighted by Gasteiger charge is -2.35. The summed E-state index contributed by atoms with van der Waals surface area (Å²) in [7, 11) is -3.77. The number of ether oxygens (including phenoxy) is 1. The molecule has 0 saturated carbocycles. The van der Waals surface area contributed by atoms with Gasteiger partial charge in [-0.05, 0) is 19.1 Å². The molecule has 1 fully saturated rings. The lowest BCUT2D eigenvalue weighted by Crippen LogP contribution is -2.53. The number of amides is 2. The largest absolute Gasteiger partial charge is 0.450 e. The Morgan fingerprint density at radius 3 is 2.33 bits per heavy atom. The van der Waals surface area contributed by atoms with Gasteiger partial charge in [-0.1, -0.05) is 12.1 Å². The van der Waals surface area contributed by atoms with Crippen molar-refractivity contribution in [3.8, 4) is 6.07 Å². The molecule has 27 heavy (non-hydrogen) atoms. The molecule has 0 spiro atoms. The van der Waals surface area contributed by atoms with Gasteiger partial charge in [-0.2, -0.15) is 5.26 Å². The van der Waals surface area contributed by atoms with Crippen LogP contribution in [0.3, 0.4) is 0 Å². The van der Waals surface area contributed by atoms with Gasteiger partial charge in [-0.3, -0.25) is 9.10 Å². The minimum absolute atomic E-state index is 0.168. The molecule has 0 N–H and O–H groups in total. The minimum Gasteiger partial charge on any atom is -0.450 e. The molecule has 0 bridgehead atoms. The van der Waals surface area contributed by atoms with E-state index >= 15 is 0 Å². The van der Waals surface area contributed by atoms with Crippen molar-refractivity contribution >= 4 is 27.7 Å². The first-order valence-electron chi connectivity index (χ1n) is 8.44. The number of para-hydroxylation sites is 1. The van der Waals surface area contributed by atoms with Crippen LogP contribution >= 0.6 is 0 Å². The van der Waals surface area contributed by atoms with Crippen LogP contribution in [-0.2, 0) is 19.6 Å².